The van der Waals surface area contributed by atoms with Gasteiger partial charge in [0.25, 0.3) is 5.91 Å². The lowest BCUT2D eigenvalue weighted by Crippen LogP contribution is -2.41. The Morgan fingerprint density at radius 2 is 1.91 bits per heavy atom. The highest BCUT2D eigenvalue weighted by atomic mass is 16.5. The van der Waals surface area contributed by atoms with Crippen molar-refractivity contribution in [2.75, 3.05) is 31.6 Å². The van der Waals surface area contributed by atoms with Crippen molar-refractivity contribution in [3.63, 3.8) is 0 Å². The summed E-state index contributed by atoms with van der Waals surface area (Å²) in [5.41, 5.74) is 2.51. The second-order valence-corrected chi connectivity index (χ2v) is 5.18. The lowest BCUT2D eigenvalue weighted by Gasteiger charge is -2.26. The zero-order valence-electron chi connectivity index (χ0n) is 12.5. The highest BCUT2D eigenvalue weighted by Gasteiger charge is 2.20. The zero-order valence-corrected chi connectivity index (χ0v) is 12.5. The third-order valence-corrected chi connectivity index (χ3v) is 3.51. The molecule has 1 aromatic carbocycles. The van der Waals surface area contributed by atoms with Gasteiger partial charge < -0.3 is 15.0 Å². The van der Waals surface area contributed by atoms with Crippen LogP contribution in [0, 0.1) is 6.92 Å². The number of hydrogen-bond acceptors (Lipinski definition) is 5. The quantitative estimate of drug-likeness (QED) is 0.938. The van der Waals surface area contributed by atoms with Gasteiger partial charge in [-0.05, 0) is 19.1 Å². The molecule has 2 heterocycles. The number of nitrogens with one attached hydrogen (secondary N) is 1. The van der Waals surface area contributed by atoms with Gasteiger partial charge in [-0.3, -0.25) is 4.79 Å². The summed E-state index contributed by atoms with van der Waals surface area (Å²) < 4.78 is 5.26. The molecule has 0 atom stereocenters. The topological polar surface area (TPSA) is 67.4 Å². The Labute approximate surface area is 129 Å². The van der Waals surface area contributed by atoms with E-state index in [0.717, 1.165) is 5.69 Å². The van der Waals surface area contributed by atoms with E-state index in [2.05, 4.69) is 15.3 Å². The Balaban J connectivity index is 1.74. The molecule has 3 rings (SSSR count). The summed E-state index contributed by atoms with van der Waals surface area (Å²) in [6.07, 6.45) is 1.41. The minimum absolute atomic E-state index is 0.0855. The van der Waals surface area contributed by atoms with Crippen molar-refractivity contribution in [3.05, 3.63) is 47.9 Å². The van der Waals surface area contributed by atoms with Crippen LogP contribution in [0.5, 0.6) is 0 Å². The van der Waals surface area contributed by atoms with E-state index in [1.54, 1.807) is 11.0 Å². The van der Waals surface area contributed by atoms with Crippen molar-refractivity contribution in [1.82, 2.24) is 14.9 Å². The largest absolute Gasteiger partial charge is 0.378 e. The molecule has 1 N–H and O–H groups in total. The predicted molar refractivity (Wildman–Crippen MR) is 83.2 cm³/mol. The van der Waals surface area contributed by atoms with Crippen LogP contribution in [0.15, 0.2) is 36.7 Å². The smallest absolute Gasteiger partial charge is 0.272 e. The molecule has 0 radical (unpaired) electrons. The minimum Gasteiger partial charge on any atom is -0.378 e. The summed E-state index contributed by atoms with van der Waals surface area (Å²) >= 11 is 0. The van der Waals surface area contributed by atoms with Crippen molar-refractivity contribution in [2.45, 2.75) is 6.92 Å². The molecule has 1 aliphatic heterocycles. The SMILES string of the molecule is Cc1ccc(Nc2cc(C(=O)N3CCOCC3)ncn2)cc1. The number of hydrogen-bond donors (Lipinski definition) is 1. The van der Waals surface area contributed by atoms with E-state index < -0.39 is 0 Å². The molecular weight excluding hydrogens is 280 g/mol. The van der Waals surface area contributed by atoms with Crippen LogP contribution in [0.25, 0.3) is 0 Å². The molecule has 1 fully saturated rings. The number of nitrogens with zero attached hydrogens (tertiary/aromatic N) is 3. The normalized spacial score (nSPS) is 14.7. The van der Waals surface area contributed by atoms with Crippen LogP contribution in [0.2, 0.25) is 0 Å². The maximum atomic E-state index is 12.4. The average molecular weight is 298 g/mol. The first-order chi connectivity index (χ1) is 10.7. The van der Waals surface area contributed by atoms with E-state index in [1.807, 2.05) is 31.2 Å². The highest BCUT2D eigenvalue weighted by molar-refractivity contribution is 5.93. The Morgan fingerprint density at radius 3 is 2.64 bits per heavy atom. The molecule has 22 heavy (non-hydrogen) atoms. The zero-order chi connectivity index (χ0) is 15.4. The Bertz CT molecular complexity index is 651. The van der Waals surface area contributed by atoms with Crippen molar-refractivity contribution in [3.8, 4) is 0 Å². The third kappa shape index (κ3) is 3.40. The lowest BCUT2D eigenvalue weighted by atomic mass is 10.2. The van der Waals surface area contributed by atoms with Crippen LogP contribution < -0.4 is 5.32 Å². The summed E-state index contributed by atoms with van der Waals surface area (Å²) in [6, 6.07) is 9.66. The van der Waals surface area contributed by atoms with Crippen LogP contribution in [0.1, 0.15) is 16.1 Å². The van der Waals surface area contributed by atoms with Gasteiger partial charge in [-0.25, -0.2) is 9.97 Å². The summed E-state index contributed by atoms with van der Waals surface area (Å²) in [4.78, 5) is 22.4. The van der Waals surface area contributed by atoms with Gasteiger partial charge in [0.15, 0.2) is 0 Å². The van der Waals surface area contributed by atoms with Crippen LogP contribution in [0.4, 0.5) is 11.5 Å². The van der Waals surface area contributed by atoms with Gasteiger partial charge in [0.2, 0.25) is 0 Å². The van der Waals surface area contributed by atoms with Gasteiger partial charge >= 0.3 is 0 Å². The van der Waals surface area contributed by atoms with Crippen LogP contribution in [-0.2, 0) is 4.74 Å². The number of aryl methyl sites for hydroxylation is 1. The first-order valence-corrected chi connectivity index (χ1v) is 7.25. The molecule has 6 nitrogen and oxygen atoms in total. The predicted octanol–water partition coefficient (Wildman–Crippen LogP) is 2.00. The Morgan fingerprint density at radius 1 is 1.18 bits per heavy atom. The monoisotopic (exact) mass is 298 g/mol. The second-order valence-electron chi connectivity index (χ2n) is 5.18. The van der Waals surface area contributed by atoms with Crippen LogP contribution in [0.3, 0.4) is 0 Å². The summed E-state index contributed by atoms with van der Waals surface area (Å²) in [5, 5.41) is 3.18. The van der Waals surface area contributed by atoms with Gasteiger partial charge in [0.05, 0.1) is 13.2 Å². The molecule has 1 aromatic heterocycles. The van der Waals surface area contributed by atoms with E-state index in [4.69, 9.17) is 4.74 Å². The molecule has 0 aliphatic carbocycles. The van der Waals surface area contributed by atoms with E-state index in [1.165, 1.54) is 11.9 Å². The van der Waals surface area contributed by atoms with Gasteiger partial charge in [0, 0.05) is 24.8 Å². The van der Waals surface area contributed by atoms with Crippen molar-refractivity contribution < 1.29 is 9.53 Å². The van der Waals surface area contributed by atoms with Gasteiger partial charge in [-0.15, -0.1) is 0 Å². The Kier molecular flexibility index (Phi) is 4.29. The molecule has 0 bridgehead atoms. The number of anilines is 2. The van der Waals surface area contributed by atoms with Crippen molar-refractivity contribution >= 4 is 17.4 Å². The number of carbonyl (C=O) groups is 1. The lowest BCUT2D eigenvalue weighted by molar-refractivity contribution is 0.0299. The third-order valence-electron chi connectivity index (χ3n) is 3.51. The standard InChI is InChI=1S/C16H18N4O2/c1-12-2-4-13(5-3-12)19-15-10-14(17-11-18-15)16(21)20-6-8-22-9-7-20/h2-5,10-11H,6-9H2,1H3,(H,17,18,19). The number of rotatable bonds is 3. The fourth-order valence-electron chi connectivity index (χ4n) is 2.26. The van der Waals surface area contributed by atoms with E-state index in [9.17, 15) is 4.79 Å². The fourth-order valence-corrected chi connectivity index (χ4v) is 2.26. The molecule has 0 unspecified atom stereocenters. The van der Waals surface area contributed by atoms with Crippen LogP contribution in [-0.4, -0.2) is 47.1 Å². The molecule has 1 aliphatic rings. The number of morpholine rings is 1. The molecule has 6 heteroatoms. The minimum atomic E-state index is -0.0855. The molecule has 0 saturated carbocycles. The maximum absolute atomic E-state index is 12.4. The number of benzene rings is 1. The van der Waals surface area contributed by atoms with Crippen molar-refractivity contribution in [2.24, 2.45) is 0 Å². The number of carbonyl (C=O) groups excluding carboxylic acids is 1. The summed E-state index contributed by atoms with van der Waals surface area (Å²) in [7, 11) is 0. The maximum Gasteiger partial charge on any atom is 0.272 e. The van der Waals surface area contributed by atoms with Gasteiger partial charge in [-0.2, -0.15) is 0 Å². The van der Waals surface area contributed by atoms with E-state index >= 15 is 0 Å². The first kappa shape index (κ1) is 14.5. The second kappa shape index (κ2) is 6.53. The van der Waals surface area contributed by atoms with Crippen molar-refractivity contribution in [1.29, 1.82) is 0 Å². The molecule has 0 spiro atoms. The summed E-state index contributed by atoms with van der Waals surface area (Å²) in [6.45, 7) is 4.39. The van der Waals surface area contributed by atoms with E-state index in [-0.39, 0.29) is 5.91 Å². The van der Waals surface area contributed by atoms with Gasteiger partial charge in [0.1, 0.15) is 17.8 Å². The molecule has 1 saturated heterocycles. The molecule has 1 amide bonds. The van der Waals surface area contributed by atoms with Gasteiger partial charge in [-0.1, -0.05) is 17.7 Å². The van der Waals surface area contributed by atoms with Crippen LogP contribution >= 0.6 is 0 Å². The molecule has 114 valence electrons. The van der Waals surface area contributed by atoms with E-state index in [0.29, 0.717) is 37.8 Å². The number of ether oxygens (including phenoxy) is 1. The Hall–Kier alpha value is -2.47. The molecule has 2 aromatic rings. The number of aromatic nitrogens is 2. The summed E-state index contributed by atoms with van der Waals surface area (Å²) in [5.74, 6) is 0.521. The molecular formula is C16H18N4O2. The average Bonchev–Trinajstić information content (AvgIpc) is 2.57. The fraction of sp³-hybridized carbons (Fsp3) is 0.312. The first-order valence-electron chi connectivity index (χ1n) is 7.25. The highest BCUT2D eigenvalue weighted by Crippen LogP contribution is 2.16. The number of amides is 1.